The number of carbonyl (C=O) groups excluding carboxylic acids is 1. The van der Waals surface area contributed by atoms with E-state index in [-0.39, 0.29) is 5.91 Å². The number of benzene rings is 1. The SMILES string of the molecule is CCCN(CCC)c1cc(C(=O)Nc2ccc(Cl)cc2C)ncn1. The van der Waals surface area contributed by atoms with Crippen LogP contribution in [0.5, 0.6) is 0 Å². The van der Waals surface area contributed by atoms with Crippen LogP contribution in [-0.4, -0.2) is 29.0 Å². The van der Waals surface area contributed by atoms with Crippen LogP contribution in [-0.2, 0) is 0 Å². The van der Waals surface area contributed by atoms with Crippen LogP contribution >= 0.6 is 11.6 Å². The van der Waals surface area contributed by atoms with E-state index < -0.39 is 0 Å². The fraction of sp³-hybridized carbons (Fsp3) is 0.389. The molecule has 0 bridgehead atoms. The molecular weight excluding hydrogens is 324 g/mol. The summed E-state index contributed by atoms with van der Waals surface area (Å²) in [6.45, 7) is 7.96. The second-order valence-corrected chi connectivity index (χ2v) is 6.10. The zero-order valence-corrected chi connectivity index (χ0v) is 15.1. The summed E-state index contributed by atoms with van der Waals surface area (Å²) < 4.78 is 0. The first-order valence-electron chi connectivity index (χ1n) is 8.19. The Kier molecular flexibility index (Phi) is 6.55. The summed E-state index contributed by atoms with van der Waals surface area (Å²) in [7, 11) is 0. The molecule has 0 spiro atoms. The molecule has 2 aromatic rings. The Morgan fingerprint density at radius 3 is 2.50 bits per heavy atom. The molecule has 5 nitrogen and oxygen atoms in total. The van der Waals surface area contributed by atoms with Crippen molar-refractivity contribution in [2.45, 2.75) is 33.6 Å². The van der Waals surface area contributed by atoms with E-state index in [1.165, 1.54) is 6.33 Å². The zero-order chi connectivity index (χ0) is 17.5. The number of halogens is 1. The fourth-order valence-electron chi connectivity index (χ4n) is 2.48. The molecule has 1 N–H and O–H groups in total. The molecule has 0 fully saturated rings. The van der Waals surface area contributed by atoms with E-state index in [4.69, 9.17) is 11.6 Å². The van der Waals surface area contributed by atoms with E-state index in [0.717, 1.165) is 43.0 Å². The number of amides is 1. The molecule has 1 amide bonds. The van der Waals surface area contributed by atoms with Gasteiger partial charge in [0.15, 0.2) is 0 Å². The molecular formula is C18H23ClN4O. The first-order chi connectivity index (χ1) is 11.5. The molecule has 0 saturated carbocycles. The predicted molar refractivity (Wildman–Crippen MR) is 99.0 cm³/mol. The molecule has 0 atom stereocenters. The number of hydrogen-bond acceptors (Lipinski definition) is 4. The van der Waals surface area contributed by atoms with E-state index in [2.05, 4.69) is 34.0 Å². The molecule has 1 heterocycles. The lowest BCUT2D eigenvalue weighted by molar-refractivity contribution is 0.102. The van der Waals surface area contributed by atoms with Crippen LogP contribution < -0.4 is 10.2 Å². The average Bonchev–Trinajstić information content (AvgIpc) is 2.57. The van der Waals surface area contributed by atoms with Gasteiger partial charge < -0.3 is 10.2 Å². The summed E-state index contributed by atoms with van der Waals surface area (Å²) in [6, 6.07) is 7.09. The lowest BCUT2D eigenvalue weighted by Gasteiger charge is -2.22. The van der Waals surface area contributed by atoms with E-state index in [1.807, 2.05) is 13.0 Å². The first kappa shape index (κ1) is 18.2. The van der Waals surface area contributed by atoms with Gasteiger partial charge in [0, 0.05) is 29.9 Å². The van der Waals surface area contributed by atoms with Crippen LogP contribution in [0.25, 0.3) is 0 Å². The topological polar surface area (TPSA) is 58.1 Å². The maximum atomic E-state index is 12.5. The van der Waals surface area contributed by atoms with Crippen molar-refractivity contribution in [1.29, 1.82) is 0 Å². The van der Waals surface area contributed by atoms with Gasteiger partial charge in [0.2, 0.25) is 0 Å². The number of nitrogens with one attached hydrogen (secondary N) is 1. The summed E-state index contributed by atoms with van der Waals surface area (Å²) in [4.78, 5) is 23.1. The van der Waals surface area contributed by atoms with Crippen molar-refractivity contribution in [3.8, 4) is 0 Å². The Morgan fingerprint density at radius 1 is 1.17 bits per heavy atom. The monoisotopic (exact) mass is 346 g/mol. The molecule has 1 aromatic carbocycles. The molecule has 1 aromatic heterocycles. The molecule has 0 aliphatic carbocycles. The van der Waals surface area contributed by atoms with Crippen LogP contribution in [0.2, 0.25) is 5.02 Å². The van der Waals surface area contributed by atoms with Gasteiger partial charge in [-0.3, -0.25) is 4.79 Å². The van der Waals surface area contributed by atoms with Gasteiger partial charge >= 0.3 is 0 Å². The van der Waals surface area contributed by atoms with E-state index in [9.17, 15) is 4.79 Å². The lowest BCUT2D eigenvalue weighted by atomic mass is 10.2. The number of aryl methyl sites for hydroxylation is 1. The largest absolute Gasteiger partial charge is 0.357 e. The fourth-order valence-corrected chi connectivity index (χ4v) is 2.71. The standard InChI is InChI=1S/C18H23ClN4O/c1-4-8-23(9-5-2)17-11-16(20-12-21-17)18(24)22-15-7-6-14(19)10-13(15)3/h6-7,10-12H,4-5,8-9H2,1-3H3,(H,22,24). The molecule has 24 heavy (non-hydrogen) atoms. The van der Waals surface area contributed by atoms with Crippen molar-refractivity contribution in [3.63, 3.8) is 0 Å². The molecule has 0 aliphatic rings. The normalized spacial score (nSPS) is 10.5. The lowest BCUT2D eigenvalue weighted by Crippen LogP contribution is -2.26. The van der Waals surface area contributed by atoms with Gasteiger partial charge in [-0.05, 0) is 43.5 Å². The Hall–Kier alpha value is -2.14. The number of rotatable bonds is 7. The van der Waals surface area contributed by atoms with Gasteiger partial charge in [-0.15, -0.1) is 0 Å². The van der Waals surface area contributed by atoms with E-state index in [1.54, 1.807) is 18.2 Å². The number of anilines is 2. The third-order valence-corrected chi connectivity index (χ3v) is 3.87. The quantitative estimate of drug-likeness (QED) is 0.811. The number of carbonyl (C=O) groups is 1. The third-order valence-electron chi connectivity index (χ3n) is 3.63. The minimum Gasteiger partial charge on any atom is -0.357 e. The van der Waals surface area contributed by atoms with Gasteiger partial charge in [0.05, 0.1) is 0 Å². The van der Waals surface area contributed by atoms with Crippen LogP contribution in [0.3, 0.4) is 0 Å². The highest BCUT2D eigenvalue weighted by atomic mass is 35.5. The maximum Gasteiger partial charge on any atom is 0.274 e. The average molecular weight is 347 g/mol. The van der Waals surface area contributed by atoms with Crippen molar-refractivity contribution in [1.82, 2.24) is 9.97 Å². The highest BCUT2D eigenvalue weighted by molar-refractivity contribution is 6.30. The summed E-state index contributed by atoms with van der Waals surface area (Å²) in [5, 5.41) is 3.52. The zero-order valence-electron chi connectivity index (χ0n) is 14.3. The second kappa shape index (κ2) is 8.64. The molecule has 0 saturated heterocycles. The van der Waals surface area contributed by atoms with Gasteiger partial charge in [0.25, 0.3) is 5.91 Å². The molecule has 0 aliphatic heterocycles. The first-order valence-corrected chi connectivity index (χ1v) is 8.57. The second-order valence-electron chi connectivity index (χ2n) is 5.66. The Bertz CT molecular complexity index is 699. The minimum absolute atomic E-state index is 0.253. The van der Waals surface area contributed by atoms with Crippen molar-refractivity contribution in [3.05, 3.63) is 46.9 Å². The summed E-state index contributed by atoms with van der Waals surface area (Å²) in [5.41, 5.74) is 1.99. The smallest absolute Gasteiger partial charge is 0.274 e. The summed E-state index contributed by atoms with van der Waals surface area (Å²) in [5.74, 6) is 0.531. The van der Waals surface area contributed by atoms with Crippen LogP contribution in [0, 0.1) is 6.92 Å². The van der Waals surface area contributed by atoms with Crippen LogP contribution in [0.4, 0.5) is 11.5 Å². The van der Waals surface area contributed by atoms with Crippen molar-refractivity contribution >= 4 is 29.0 Å². The Labute approximate surface area is 148 Å². The highest BCUT2D eigenvalue weighted by Gasteiger charge is 2.13. The molecule has 0 radical (unpaired) electrons. The van der Waals surface area contributed by atoms with Crippen molar-refractivity contribution in [2.75, 3.05) is 23.3 Å². The molecule has 0 unspecified atom stereocenters. The van der Waals surface area contributed by atoms with Gasteiger partial charge in [0.1, 0.15) is 17.8 Å². The van der Waals surface area contributed by atoms with Gasteiger partial charge in [-0.2, -0.15) is 0 Å². The van der Waals surface area contributed by atoms with Crippen LogP contribution in [0.15, 0.2) is 30.6 Å². The van der Waals surface area contributed by atoms with E-state index in [0.29, 0.717) is 10.7 Å². The Balaban J connectivity index is 2.19. The minimum atomic E-state index is -0.253. The molecule has 6 heteroatoms. The maximum absolute atomic E-state index is 12.5. The summed E-state index contributed by atoms with van der Waals surface area (Å²) in [6.07, 6.45) is 3.49. The molecule has 128 valence electrons. The van der Waals surface area contributed by atoms with Gasteiger partial charge in [-0.1, -0.05) is 25.4 Å². The predicted octanol–water partition coefficient (Wildman–Crippen LogP) is 4.32. The van der Waals surface area contributed by atoms with Gasteiger partial charge in [-0.25, -0.2) is 9.97 Å². The van der Waals surface area contributed by atoms with E-state index >= 15 is 0 Å². The van der Waals surface area contributed by atoms with Crippen molar-refractivity contribution in [2.24, 2.45) is 0 Å². The van der Waals surface area contributed by atoms with Crippen LogP contribution in [0.1, 0.15) is 42.7 Å². The third kappa shape index (κ3) is 4.68. The van der Waals surface area contributed by atoms with Crippen molar-refractivity contribution < 1.29 is 4.79 Å². The number of aromatic nitrogens is 2. The Morgan fingerprint density at radius 2 is 1.88 bits per heavy atom. The number of hydrogen-bond donors (Lipinski definition) is 1. The highest BCUT2D eigenvalue weighted by Crippen LogP contribution is 2.20. The summed E-state index contributed by atoms with van der Waals surface area (Å²) >= 11 is 5.95. The molecule has 2 rings (SSSR count). The number of nitrogens with zero attached hydrogens (tertiary/aromatic N) is 3.